The van der Waals surface area contributed by atoms with Crippen LogP contribution in [0.25, 0.3) is 0 Å². The molecule has 2 amide bonds. The molecule has 1 aromatic rings. The Morgan fingerprint density at radius 3 is 2.31 bits per heavy atom. The van der Waals surface area contributed by atoms with Crippen molar-refractivity contribution in [1.82, 2.24) is 9.80 Å². The number of methoxy groups -OCH3 is 2. The quantitative estimate of drug-likeness (QED) is 0.758. The van der Waals surface area contributed by atoms with Crippen molar-refractivity contribution in [3.05, 3.63) is 18.2 Å². The summed E-state index contributed by atoms with van der Waals surface area (Å²) in [4.78, 5) is 29.5. The van der Waals surface area contributed by atoms with Crippen molar-refractivity contribution in [3.8, 4) is 11.5 Å². The van der Waals surface area contributed by atoms with E-state index in [1.807, 2.05) is 17.9 Å². The molecule has 1 heterocycles. The Balaban J connectivity index is 1.72. The van der Waals surface area contributed by atoms with Crippen LogP contribution in [-0.2, 0) is 9.59 Å². The summed E-state index contributed by atoms with van der Waals surface area (Å²) in [7, 11) is 3.18. The molecule has 0 radical (unpaired) electrons. The van der Waals surface area contributed by atoms with Crippen LogP contribution in [0, 0.1) is 5.92 Å². The Kier molecular flexibility index (Phi) is 7.36. The highest BCUT2D eigenvalue weighted by Gasteiger charge is 2.37. The highest BCUT2D eigenvalue weighted by molar-refractivity contribution is 5.95. The van der Waals surface area contributed by atoms with Crippen molar-refractivity contribution < 1.29 is 19.1 Å². The fraction of sp³-hybridized carbons (Fsp3) is 0.636. The topological polar surface area (TPSA) is 71.1 Å². The van der Waals surface area contributed by atoms with Gasteiger partial charge < -0.3 is 19.7 Å². The number of piperazine rings is 1. The molecule has 1 unspecified atom stereocenters. The fourth-order valence-electron chi connectivity index (χ4n) is 4.55. The Morgan fingerprint density at radius 2 is 1.72 bits per heavy atom. The number of anilines is 1. The summed E-state index contributed by atoms with van der Waals surface area (Å²) in [5.74, 6) is 1.81. The van der Waals surface area contributed by atoms with E-state index in [2.05, 4.69) is 10.2 Å². The van der Waals surface area contributed by atoms with Gasteiger partial charge in [-0.1, -0.05) is 19.8 Å². The molecule has 2 fully saturated rings. The van der Waals surface area contributed by atoms with Crippen LogP contribution in [0.15, 0.2) is 18.2 Å². The summed E-state index contributed by atoms with van der Waals surface area (Å²) in [5, 5.41) is 3.09. The smallest absolute Gasteiger partial charge is 0.242 e. The van der Waals surface area contributed by atoms with E-state index in [4.69, 9.17) is 9.47 Å². The summed E-state index contributed by atoms with van der Waals surface area (Å²) in [6.45, 7) is 4.77. The molecular weight excluding hydrogens is 370 g/mol. The molecule has 1 saturated heterocycles. The van der Waals surface area contributed by atoms with Crippen LogP contribution in [0.5, 0.6) is 11.5 Å². The van der Waals surface area contributed by atoms with Crippen LogP contribution < -0.4 is 14.8 Å². The van der Waals surface area contributed by atoms with Crippen LogP contribution in [0.3, 0.4) is 0 Å². The molecule has 29 heavy (non-hydrogen) atoms. The van der Waals surface area contributed by atoms with Crippen molar-refractivity contribution >= 4 is 17.5 Å². The lowest BCUT2D eigenvalue weighted by Crippen LogP contribution is -2.56. The Bertz CT molecular complexity index is 710. The van der Waals surface area contributed by atoms with Gasteiger partial charge in [-0.15, -0.1) is 0 Å². The minimum Gasteiger partial charge on any atom is -0.493 e. The van der Waals surface area contributed by atoms with Crippen molar-refractivity contribution in [2.24, 2.45) is 5.92 Å². The first-order valence-electron chi connectivity index (χ1n) is 10.6. The average molecular weight is 404 g/mol. The molecule has 7 heteroatoms. The average Bonchev–Trinajstić information content (AvgIpc) is 3.28. The second-order valence-corrected chi connectivity index (χ2v) is 7.82. The third kappa shape index (κ3) is 5.01. The van der Waals surface area contributed by atoms with E-state index in [9.17, 15) is 9.59 Å². The summed E-state index contributed by atoms with van der Waals surface area (Å²) in [6, 6.07) is 5.27. The van der Waals surface area contributed by atoms with Gasteiger partial charge in [0.25, 0.3) is 0 Å². The van der Waals surface area contributed by atoms with Crippen LogP contribution in [0.2, 0.25) is 0 Å². The van der Waals surface area contributed by atoms with Gasteiger partial charge >= 0.3 is 0 Å². The monoisotopic (exact) mass is 403 g/mol. The largest absolute Gasteiger partial charge is 0.493 e. The van der Waals surface area contributed by atoms with Crippen molar-refractivity contribution in [3.63, 3.8) is 0 Å². The van der Waals surface area contributed by atoms with Crippen LogP contribution in [0.4, 0.5) is 5.69 Å². The molecule has 1 aliphatic heterocycles. The van der Waals surface area contributed by atoms with Crippen LogP contribution in [0.1, 0.15) is 39.0 Å². The predicted octanol–water partition coefficient (Wildman–Crippen LogP) is 2.76. The second-order valence-electron chi connectivity index (χ2n) is 7.82. The summed E-state index contributed by atoms with van der Waals surface area (Å²) < 4.78 is 10.6. The lowest BCUT2D eigenvalue weighted by Gasteiger charge is -2.40. The molecule has 1 aromatic carbocycles. The Morgan fingerprint density at radius 1 is 1.07 bits per heavy atom. The van der Waals surface area contributed by atoms with Gasteiger partial charge in [0, 0.05) is 44.4 Å². The number of hydrogen-bond donors (Lipinski definition) is 1. The summed E-state index contributed by atoms with van der Waals surface area (Å²) in [5.41, 5.74) is 0.704. The first kappa shape index (κ1) is 21.4. The van der Waals surface area contributed by atoms with E-state index in [1.165, 1.54) is 12.8 Å². The van der Waals surface area contributed by atoms with Crippen molar-refractivity contribution in [2.45, 2.75) is 45.1 Å². The van der Waals surface area contributed by atoms with Gasteiger partial charge in [0.05, 0.1) is 20.3 Å². The number of benzene rings is 1. The summed E-state index contributed by atoms with van der Waals surface area (Å²) in [6.07, 6.45) is 5.06. The highest BCUT2D eigenvalue weighted by atomic mass is 16.5. The van der Waals surface area contributed by atoms with Crippen LogP contribution in [-0.4, -0.2) is 68.1 Å². The predicted molar refractivity (Wildman–Crippen MR) is 112 cm³/mol. The molecule has 1 aliphatic carbocycles. The molecular formula is C22H33N3O4. The van der Waals surface area contributed by atoms with E-state index in [0.29, 0.717) is 42.6 Å². The number of rotatable bonds is 7. The Hall–Kier alpha value is -2.28. The van der Waals surface area contributed by atoms with E-state index in [1.54, 1.807) is 26.4 Å². The number of ether oxygens (including phenoxy) is 2. The van der Waals surface area contributed by atoms with Gasteiger partial charge in [0.15, 0.2) is 11.5 Å². The van der Waals surface area contributed by atoms with E-state index in [-0.39, 0.29) is 17.9 Å². The van der Waals surface area contributed by atoms with Gasteiger partial charge in [-0.25, -0.2) is 0 Å². The fourth-order valence-corrected chi connectivity index (χ4v) is 4.55. The first-order valence-corrected chi connectivity index (χ1v) is 10.6. The van der Waals surface area contributed by atoms with E-state index < -0.39 is 0 Å². The zero-order valence-electron chi connectivity index (χ0n) is 17.8. The van der Waals surface area contributed by atoms with Crippen molar-refractivity contribution in [2.75, 3.05) is 45.7 Å². The molecule has 1 N–H and O–H groups in total. The molecule has 0 spiro atoms. The molecule has 3 rings (SSSR count). The third-order valence-corrected chi connectivity index (χ3v) is 6.13. The number of nitrogens with zero attached hydrogens (tertiary/aromatic N) is 2. The van der Waals surface area contributed by atoms with Crippen LogP contribution >= 0.6 is 0 Å². The highest BCUT2D eigenvalue weighted by Crippen LogP contribution is 2.33. The molecule has 1 saturated carbocycles. The number of carbonyl (C=O) groups excluding carboxylic acids is 2. The lowest BCUT2D eigenvalue weighted by molar-refractivity contribution is -0.134. The second kappa shape index (κ2) is 9.96. The standard InChI is InChI=1S/C22H33N3O4/c1-4-20(26)24-11-13-25(14-12-24)21(16-7-5-6-8-16)22(27)23-17-9-10-18(28-2)19(15-17)29-3/h9-10,15-16,21H,4-8,11-14H2,1-3H3,(H,23,27). The van der Waals surface area contributed by atoms with E-state index >= 15 is 0 Å². The maximum atomic E-state index is 13.3. The van der Waals surface area contributed by atoms with Gasteiger partial charge in [0.2, 0.25) is 11.8 Å². The third-order valence-electron chi connectivity index (χ3n) is 6.13. The SMILES string of the molecule is CCC(=O)N1CCN(C(C(=O)Nc2ccc(OC)c(OC)c2)C2CCCC2)CC1. The van der Waals surface area contributed by atoms with E-state index in [0.717, 1.165) is 25.9 Å². The minimum atomic E-state index is -0.163. The lowest BCUT2D eigenvalue weighted by atomic mass is 9.94. The van der Waals surface area contributed by atoms with Gasteiger partial charge in [-0.3, -0.25) is 14.5 Å². The summed E-state index contributed by atoms with van der Waals surface area (Å²) >= 11 is 0. The van der Waals surface area contributed by atoms with Gasteiger partial charge in [-0.2, -0.15) is 0 Å². The maximum absolute atomic E-state index is 13.3. The first-order chi connectivity index (χ1) is 14.1. The molecule has 160 valence electrons. The number of hydrogen-bond acceptors (Lipinski definition) is 5. The molecule has 1 atom stereocenters. The number of nitrogens with one attached hydrogen (secondary N) is 1. The molecule has 7 nitrogen and oxygen atoms in total. The molecule has 0 bridgehead atoms. The normalized spacial score (nSPS) is 19.1. The number of amides is 2. The molecule has 0 aromatic heterocycles. The maximum Gasteiger partial charge on any atom is 0.242 e. The Labute approximate surface area is 173 Å². The van der Waals surface area contributed by atoms with Gasteiger partial charge in [0.1, 0.15) is 0 Å². The van der Waals surface area contributed by atoms with Crippen molar-refractivity contribution in [1.29, 1.82) is 0 Å². The zero-order valence-corrected chi connectivity index (χ0v) is 17.8. The zero-order chi connectivity index (χ0) is 20.8. The molecule has 2 aliphatic rings. The van der Waals surface area contributed by atoms with Gasteiger partial charge in [-0.05, 0) is 30.9 Å². The number of carbonyl (C=O) groups is 2. The minimum absolute atomic E-state index is 0.0272.